The van der Waals surface area contributed by atoms with E-state index in [9.17, 15) is 63.4 Å². The predicted molar refractivity (Wildman–Crippen MR) is 209 cm³/mol. The first-order chi connectivity index (χ1) is 26.8. The number of carbonyl (C=O) groups excluding carboxylic acids is 3. The minimum Gasteiger partial charge on any atom is -0.481 e. The summed E-state index contributed by atoms with van der Waals surface area (Å²) < 4.78 is 17.3. The summed E-state index contributed by atoms with van der Waals surface area (Å²) in [5.74, 6) is -8.26. The molecule has 1 fully saturated rings. The van der Waals surface area contributed by atoms with E-state index in [4.69, 9.17) is 4.52 Å². The zero-order valence-corrected chi connectivity index (χ0v) is 34.7. The van der Waals surface area contributed by atoms with Crippen LogP contribution >= 0.6 is 7.60 Å². The van der Waals surface area contributed by atoms with Crippen molar-refractivity contribution in [1.29, 1.82) is 0 Å². The van der Waals surface area contributed by atoms with Crippen LogP contribution in [-0.2, 0) is 42.7 Å². The quantitative estimate of drug-likeness (QED) is 0.0482. The van der Waals surface area contributed by atoms with Gasteiger partial charge >= 0.3 is 31.5 Å². The number of unbranched alkanes of at least 4 members (excludes halogenated alkanes) is 3. The maximum absolute atomic E-state index is 12.9. The summed E-state index contributed by atoms with van der Waals surface area (Å²) in [6.07, 6.45) is 1.38. The second kappa shape index (κ2) is 28.2. The number of hydrogen-bond donors (Lipinski definition) is 6. The van der Waals surface area contributed by atoms with E-state index in [-0.39, 0.29) is 51.0 Å². The second-order valence-electron chi connectivity index (χ2n) is 15.0. The third kappa shape index (κ3) is 24.9. The fraction of sp³-hybridized carbons (Fsp3) is 0.811. The number of aliphatic carboxylic acids is 4. The van der Waals surface area contributed by atoms with Crippen molar-refractivity contribution in [3.8, 4) is 0 Å². The highest BCUT2D eigenvalue weighted by molar-refractivity contribution is 7.52. The van der Waals surface area contributed by atoms with Gasteiger partial charge in [0.1, 0.15) is 17.6 Å². The van der Waals surface area contributed by atoms with Crippen LogP contribution in [0.5, 0.6) is 0 Å². The lowest BCUT2D eigenvalue weighted by atomic mass is 9.96. The van der Waals surface area contributed by atoms with Crippen LogP contribution < -0.4 is 5.32 Å². The highest BCUT2D eigenvalue weighted by atomic mass is 31.2. The van der Waals surface area contributed by atoms with E-state index in [2.05, 4.69) is 20.0 Å². The summed E-state index contributed by atoms with van der Waals surface area (Å²) in [6, 6.07) is -1.38. The van der Waals surface area contributed by atoms with Gasteiger partial charge in [0.15, 0.2) is 0 Å². The molecule has 0 radical (unpaired) electrons. The number of ketones is 2. The van der Waals surface area contributed by atoms with Crippen molar-refractivity contribution in [3.05, 3.63) is 0 Å². The molecule has 0 aliphatic carbocycles. The summed E-state index contributed by atoms with van der Waals surface area (Å²) >= 11 is 0. The average Bonchev–Trinajstić information content (AvgIpc) is 3.12. The fourth-order valence-electron chi connectivity index (χ4n) is 6.32. The molecule has 4 atom stereocenters. The third-order valence-corrected chi connectivity index (χ3v) is 11.4. The molecule has 1 saturated heterocycles. The average molecular weight is 836 g/mol. The minimum absolute atomic E-state index is 0.0388. The van der Waals surface area contributed by atoms with E-state index in [1.54, 1.807) is 6.92 Å². The smallest absolute Gasteiger partial charge is 0.328 e. The van der Waals surface area contributed by atoms with Gasteiger partial charge in [-0.05, 0) is 46.2 Å². The van der Waals surface area contributed by atoms with E-state index in [1.165, 1.54) is 0 Å². The minimum atomic E-state index is -4.34. The molecule has 57 heavy (non-hydrogen) atoms. The predicted octanol–water partition coefficient (Wildman–Crippen LogP) is 1.56. The molecule has 0 bridgehead atoms. The van der Waals surface area contributed by atoms with Gasteiger partial charge in [0, 0.05) is 78.0 Å². The maximum atomic E-state index is 12.9. The van der Waals surface area contributed by atoms with Crippen LogP contribution in [0.25, 0.3) is 0 Å². The molecule has 6 N–H and O–H groups in total. The summed E-state index contributed by atoms with van der Waals surface area (Å²) in [7, 11) is -0.276. The third-order valence-electron chi connectivity index (χ3n) is 9.93. The zero-order chi connectivity index (χ0) is 43.0. The monoisotopic (exact) mass is 835 g/mol. The Morgan fingerprint density at radius 2 is 1.18 bits per heavy atom. The largest absolute Gasteiger partial charge is 0.481 e. The highest BCUT2D eigenvalue weighted by Crippen LogP contribution is 2.45. The fourth-order valence-corrected chi connectivity index (χ4v) is 7.71. The lowest BCUT2D eigenvalue weighted by Gasteiger charge is -2.31. The van der Waals surface area contributed by atoms with Crippen molar-refractivity contribution >= 4 is 48.9 Å². The SMILES string of the molecule is CCCC(CP(=O)(O)OCCC(CC(=O)CC[C@@H](NC(=O)CCCCCCC(=O)CN1CCN(C)CCN(C)CCN(CC(=O)O)CC1)C(=O)O)C(=O)O)C(=O)O. The Labute approximate surface area is 335 Å². The molecule has 0 aromatic carbocycles. The molecule has 20 heteroatoms. The van der Waals surface area contributed by atoms with Crippen LogP contribution in [0.4, 0.5) is 0 Å². The molecule has 0 spiro atoms. The molecule has 0 saturated carbocycles. The van der Waals surface area contributed by atoms with Crippen molar-refractivity contribution in [1.82, 2.24) is 24.9 Å². The summed E-state index contributed by atoms with van der Waals surface area (Å²) in [5.41, 5.74) is 0. The summed E-state index contributed by atoms with van der Waals surface area (Å²) in [4.78, 5) is 103. The molecule has 0 aromatic rings. The van der Waals surface area contributed by atoms with Gasteiger partial charge in [0.2, 0.25) is 5.91 Å². The first-order valence-corrected chi connectivity index (χ1v) is 21.6. The lowest BCUT2D eigenvalue weighted by Crippen LogP contribution is -2.46. The number of carboxylic acids is 4. The van der Waals surface area contributed by atoms with Gasteiger partial charge in [-0.2, -0.15) is 0 Å². The number of nitrogens with zero attached hydrogens (tertiary/aromatic N) is 4. The van der Waals surface area contributed by atoms with Crippen molar-refractivity contribution < 1.29 is 68.0 Å². The molecule has 1 rings (SSSR count). The van der Waals surface area contributed by atoms with Crippen LogP contribution in [0, 0.1) is 11.8 Å². The van der Waals surface area contributed by atoms with Crippen LogP contribution in [0.15, 0.2) is 0 Å². The summed E-state index contributed by atoms with van der Waals surface area (Å²) in [5, 5.41) is 40.1. The number of nitrogens with one attached hydrogen (secondary N) is 1. The lowest BCUT2D eigenvalue weighted by molar-refractivity contribution is -0.145. The number of hydrogen-bond acceptors (Lipinski definition) is 13. The van der Waals surface area contributed by atoms with Crippen molar-refractivity contribution in [2.75, 3.05) is 92.3 Å². The van der Waals surface area contributed by atoms with E-state index >= 15 is 0 Å². The van der Waals surface area contributed by atoms with Crippen molar-refractivity contribution in [3.63, 3.8) is 0 Å². The molecule has 1 aliphatic heterocycles. The Morgan fingerprint density at radius 3 is 1.70 bits per heavy atom. The molecule has 0 aromatic heterocycles. The number of Topliss-reactive ketones (excluding diaryl/α,β-unsaturated/α-hetero) is 2. The van der Waals surface area contributed by atoms with E-state index in [1.807, 2.05) is 19.0 Å². The van der Waals surface area contributed by atoms with Gasteiger partial charge in [-0.1, -0.05) is 26.2 Å². The maximum Gasteiger partial charge on any atom is 0.328 e. The van der Waals surface area contributed by atoms with Crippen LogP contribution in [0.2, 0.25) is 0 Å². The van der Waals surface area contributed by atoms with Gasteiger partial charge in [-0.25, -0.2) is 4.79 Å². The van der Waals surface area contributed by atoms with Crippen molar-refractivity contribution in [2.45, 2.75) is 90.0 Å². The Balaban J connectivity index is 2.46. The highest BCUT2D eigenvalue weighted by Gasteiger charge is 2.31. The van der Waals surface area contributed by atoms with Gasteiger partial charge in [-0.15, -0.1) is 0 Å². The van der Waals surface area contributed by atoms with E-state index in [0.29, 0.717) is 64.7 Å². The first-order valence-electron chi connectivity index (χ1n) is 19.8. The van der Waals surface area contributed by atoms with Gasteiger partial charge in [0.25, 0.3) is 0 Å². The normalized spacial score (nSPS) is 18.2. The first kappa shape index (κ1) is 51.7. The molecule has 19 nitrogen and oxygen atoms in total. The van der Waals surface area contributed by atoms with Crippen LogP contribution in [0.1, 0.15) is 84.0 Å². The van der Waals surface area contributed by atoms with Crippen LogP contribution in [-0.4, -0.2) is 185 Å². The standard InChI is InChI=1S/C37H66N5O14P/c1-4-9-29(36(50)51)27-57(54,55)56-23-14-28(35(48)49)24-30(43)12-13-32(37(52)53)38-33(45)11-8-6-5-7-10-31(44)25-41-19-17-39(2)15-16-40(3)18-20-42(22-21-41)26-34(46)47/h28-29,32H,4-27H2,1-3H3,(H,38,45)(H,46,47)(H,48,49)(H,50,51)(H,52,53)(H,54,55)/t28?,29?,32-/m1/s1. The number of likely N-dealkylation sites (N-methyl/N-ethyl adjacent to an activating group) is 2. The Kier molecular flexibility index (Phi) is 25.5. The molecule has 328 valence electrons. The zero-order valence-electron chi connectivity index (χ0n) is 33.8. The van der Waals surface area contributed by atoms with Gasteiger partial charge in [0.05, 0.1) is 37.7 Å². The molecular weight excluding hydrogens is 769 g/mol. The topological polar surface area (TPSA) is 272 Å². The Morgan fingerprint density at radius 1 is 0.649 bits per heavy atom. The van der Waals surface area contributed by atoms with Gasteiger partial charge in [-0.3, -0.25) is 43.1 Å². The molecule has 1 heterocycles. The van der Waals surface area contributed by atoms with Crippen molar-refractivity contribution in [2.24, 2.45) is 11.8 Å². The summed E-state index contributed by atoms with van der Waals surface area (Å²) in [6.45, 7) is 7.08. The Hall–Kier alpha value is -3.32. The second-order valence-corrected chi connectivity index (χ2v) is 16.9. The van der Waals surface area contributed by atoms with E-state index in [0.717, 1.165) is 26.2 Å². The molecule has 3 unspecified atom stereocenters. The molecule has 1 aliphatic rings. The van der Waals surface area contributed by atoms with Gasteiger partial charge < -0.3 is 45.0 Å². The van der Waals surface area contributed by atoms with Crippen LogP contribution in [0.3, 0.4) is 0 Å². The Bertz CT molecular complexity index is 1350. The number of rotatable bonds is 28. The molecular formula is C37H66N5O14P. The molecule has 1 amide bonds. The number of amides is 1. The number of carbonyl (C=O) groups is 7. The van der Waals surface area contributed by atoms with E-state index < -0.39 is 80.2 Å². The number of carboxylic acid groups (broad SMARTS) is 4.